The van der Waals surface area contributed by atoms with E-state index in [0.717, 1.165) is 12.1 Å². The van der Waals surface area contributed by atoms with Crippen LogP contribution in [0.3, 0.4) is 0 Å². The summed E-state index contributed by atoms with van der Waals surface area (Å²) in [6.07, 6.45) is 0.790. The molecule has 1 aromatic carbocycles. The number of aromatic nitrogens is 1. The summed E-state index contributed by atoms with van der Waals surface area (Å²) in [6, 6.07) is 8.40. The summed E-state index contributed by atoms with van der Waals surface area (Å²) in [7, 11) is -3.61. The Balaban J connectivity index is 2.41. The highest BCUT2D eigenvalue weighted by Gasteiger charge is 2.27. The summed E-state index contributed by atoms with van der Waals surface area (Å²) >= 11 is 0. The number of benzene rings is 1. The zero-order chi connectivity index (χ0) is 17.0. The van der Waals surface area contributed by atoms with Crippen molar-refractivity contribution in [3.8, 4) is 0 Å². The first kappa shape index (κ1) is 17.6. The standard InChI is InChI=1S/C17H24N2O3S/c1-4-22-12-8-11-19-14(3)13(2)16(17(19)18)23(20,21)15-9-6-5-7-10-15/h5-7,9-10H,4,8,11-12,18H2,1-3H3. The lowest BCUT2D eigenvalue weighted by atomic mass is 10.3. The molecule has 2 aromatic rings. The number of rotatable bonds is 7. The molecule has 0 unspecified atom stereocenters. The summed E-state index contributed by atoms with van der Waals surface area (Å²) < 4.78 is 33.0. The zero-order valence-corrected chi connectivity index (χ0v) is 14.7. The van der Waals surface area contributed by atoms with Crippen LogP contribution in [0.2, 0.25) is 0 Å². The molecule has 0 saturated carbocycles. The Hall–Kier alpha value is -1.79. The maximum atomic E-state index is 12.9. The molecule has 1 aromatic heterocycles. The highest BCUT2D eigenvalue weighted by atomic mass is 32.2. The smallest absolute Gasteiger partial charge is 0.210 e. The Morgan fingerprint density at radius 2 is 1.83 bits per heavy atom. The van der Waals surface area contributed by atoms with Gasteiger partial charge in [-0.25, -0.2) is 8.42 Å². The predicted octanol–water partition coefficient (Wildman–Crippen LogP) is 2.95. The van der Waals surface area contributed by atoms with Crippen molar-refractivity contribution < 1.29 is 13.2 Å². The van der Waals surface area contributed by atoms with Gasteiger partial charge in [0, 0.05) is 25.5 Å². The molecule has 0 aliphatic carbocycles. The Morgan fingerprint density at radius 3 is 2.43 bits per heavy atom. The molecule has 0 saturated heterocycles. The van der Waals surface area contributed by atoms with E-state index < -0.39 is 9.84 Å². The molecule has 0 bridgehead atoms. The van der Waals surface area contributed by atoms with E-state index in [1.165, 1.54) is 0 Å². The van der Waals surface area contributed by atoms with E-state index in [9.17, 15) is 8.42 Å². The largest absolute Gasteiger partial charge is 0.384 e. The minimum atomic E-state index is -3.61. The van der Waals surface area contributed by atoms with E-state index in [2.05, 4.69) is 0 Å². The van der Waals surface area contributed by atoms with E-state index in [1.54, 1.807) is 37.3 Å². The highest BCUT2D eigenvalue weighted by molar-refractivity contribution is 7.91. The Bertz CT molecular complexity index is 765. The Kier molecular flexibility index (Phi) is 5.49. The van der Waals surface area contributed by atoms with Crippen LogP contribution in [0.4, 0.5) is 5.82 Å². The van der Waals surface area contributed by atoms with E-state index in [4.69, 9.17) is 10.5 Å². The van der Waals surface area contributed by atoms with Crippen molar-refractivity contribution in [2.45, 2.75) is 43.5 Å². The molecular formula is C17H24N2O3S. The molecule has 23 heavy (non-hydrogen) atoms. The van der Waals surface area contributed by atoms with Crippen molar-refractivity contribution in [2.75, 3.05) is 18.9 Å². The normalized spacial score (nSPS) is 11.8. The molecule has 0 radical (unpaired) electrons. The van der Waals surface area contributed by atoms with Gasteiger partial charge in [0.2, 0.25) is 9.84 Å². The van der Waals surface area contributed by atoms with E-state index in [-0.39, 0.29) is 9.79 Å². The number of hydrogen-bond donors (Lipinski definition) is 1. The first-order valence-electron chi connectivity index (χ1n) is 7.74. The number of sulfone groups is 1. The van der Waals surface area contributed by atoms with Gasteiger partial charge in [0.1, 0.15) is 10.7 Å². The number of hydrogen-bond acceptors (Lipinski definition) is 4. The molecule has 0 aliphatic heterocycles. The molecule has 0 amide bonds. The van der Waals surface area contributed by atoms with E-state index in [0.29, 0.717) is 31.1 Å². The Labute approximate surface area is 138 Å². The molecule has 6 heteroatoms. The average Bonchev–Trinajstić information content (AvgIpc) is 2.75. The fraction of sp³-hybridized carbons (Fsp3) is 0.412. The molecule has 0 fully saturated rings. The summed E-state index contributed by atoms with van der Waals surface area (Å²) in [4.78, 5) is 0.485. The number of nitrogens with two attached hydrogens (primary N) is 1. The van der Waals surface area contributed by atoms with Crippen LogP contribution in [0.15, 0.2) is 40.1 Å². The first-order chi connectivity index (χ1) is 10.9. The summed E-state index contributed by atoms with van der Waals surface area (Å²) in [5.74, 6) is 0.306. The van der Waals surface area contributed by atoms with E-state index >= 15 is 0 Å². The minimum absolute atomic E-state index is 0.220. The van der Waals surface area contributed by atoms with Gasteiger partial charge >= 0.3 is 0 Å². The van der Waals surface area contributed by atoms with Crippen molar-refractivity contribution in [1.82, 2.24) is 4.57 Å². The van der Waals surface area contributed by atoms with Gasteiger partial charge in [-0.2, -0.15) is 0 Å². The van der Waals surface area contributed by atoms with Crippen LogP contribution in [0.1, 0.15) is 24.6 Å². The summed E-state index contributed by atoms with van der Waals surface area (Å²) in [5, 5.41) is 0. The molecule has 2 N–H and O–H groups in total. The van der Waals surface area contributed by atoms with Gasteiger partial charge in [-0.1, -0.05) is 18.2 Å². The molecule has 0 aliphatic rings. The van der Waals surface area contributed by atoms with Crippen LogP contribution < -0.4 is 5.73 Å². The maximum absolute atomic E-state index is 12.9. The topological polar surface area (TPSA) is 74.3 Å². The molecule has 0 spiro atoms. The molecule has 5 nitrogen and oxygen atoms in total. The average molecular weight is 336 g/mol. The third-order valence-corrected chi connectivity index (χ3v) is 5.95. The van der Waals surface area contributed by atoms with E-state index in [1.807, 2.05) is 18.4 Å². The fourth-order valence-corrected chi connectivity index (χ4v) is 4.36. The second kappa shape index (κ2) is 7.19. The van der Waals surface area contributed by atoms with Crippen molar-refractivity contribution in [1.29, 1.82) is 0 Å². The Morgan fingerprint density at radius 1 is 1.17 bits per heavy atom. The molecular weight excluding hydrogens is 312 g/mol. The van der Waals surface area contributed by atoms with Crippen molar-refractivity contribution in [3.05, 3.63) is 41.6 Å². The van der Waals surface area contributed by atoms with Gasteiger partial charge in [-0.15, -0.1) is 0 Å². The lowest BCUT2D eigenvalue weighted by Crippen LogP contribution is -2.10. The molecule has 126 valence electrons. The number of nitrogens with zero attached hydrogens (tertiary/aromatic N) is 1. The second-order valence-electron chi connectivity index (χ2n) is 5.44. The van der Waals surface area contributed by atoms with Crippen molar-refractivity contribution in [2.24, 2.45) is 0 Å². The van der Waals surface area contributed by atoms with Crippen LogP contribution in [0, 0.1) is 13.8 Å². The summed E-state index contributed by atoms with van der Waals surface area (Å²) in [6.45, 7) is 7.60. The van der Waals surface area contributed by atoms with Gasteiger partial charge in [0.05, 0.1) is 4.90 Å². The van der Waals surface area contributed by atoms with Gasteiger partial charge in [-0.3, -0.25) is 0 Å². The first-order valence-corrected chi connectivity index (χ1v) is 9.22. The monoisotopic (exact) mass is 336 g/mol. The lowest BCUT2D eigenvalue weighted by molar-refractivity contribution is 0.141. The second-order valence-corrected chi connectivity index (χ2v) is 7.33. The minimum Gasteiger partial charge on any atom is -0.384 e. The summed E-state index contributed by atoms with van der Waals surface area (Å²) in [5.41, 5.74) is 7.78. The van der Waals surface area contributed by atoms with Gasteiger partial charge in [-0.05, 0) is 44.9 Å². The lowest BCUT2D eigenvalue weighted by Gasteiger charge is -2.09. The number of ether oxygens (including phenoxy) is 1. The van der Waals surface area contributed by atoms with Crippen molar-refractivity contribution in [3.63, 3.8) is 0 Å². The van der Waals surface area contributed by atoms with Crippen LogP contribution >= 0.6 is 0 Å². The number of nitrogen functional groups attached to an aromatic ring is 1. The fourth-order valence-electron chi connectivity index (χ4n) is 2.68. The zero-order valence-electron chi connectivity index (χ0n) is 13.9. The third kappa shape index (κ3) is 3.43. The predicted molar refractivity (Wildman–Crippen MR) is 91.3 cm³/mol. The molecule has 0 atom stereocenters. The SMILES string of the molecule is CCOCCCn1c(C)c(C)c(S(=O)(=O)c2ccccc2)c1N. The van der Waals surface area contributed by atoms with Gasteiger partial charge in [0.15, 0.2) is 0 Å². The van der Waals surface area contributed by atoms with Crippen LogP contribution in [0.5, 0.6) is 0 Å². The van der Waals surface area contributed by atoms with Crippen LogP contribution in [-0.4, -0.2) is 26.2 Å². The number of anilines is 1. The van der Waals surface area contributed by atoms with Crippen LogP contribution in [0.25, 0.3) is 0 Å². The highest BCUT2D eigenvalue weighted by Crippen LogP contribution is 2.33. The molecule has 1 heterocycles. The maximum Gasteiger partial charge on any atom is 0.210 e. The van der Waals surface area contributed by atoms with Gasteiger partial charge < -0.3 is 15.0 Å². The van der Waals surface area contributed by atoms with Gasteiger partial charge in [0.25, 0.3) is 0 Å². The quantitative estimate of drug-likeness (QED) is 0.789. The third-order valence-electron chi connectivity index (χ3n) is 4.01. The van der Waals surface area contributed by atoms with Crippen LogP contribution in [-0.2, 0) is 21.1 Å². The molecule has 2 rings (SSSR count). The van der Waals surface area contributed by atoms with Crippen molar-refractivity contribution >= 4 is 15.7 Å².